The molecule has 0 unspecified atom stereocenters. The molecule has 0 radical (unpaired) electrons. The Morgan fingerprint density at radius 1 is 1.19 bits per heavy atom. The summed E-state index contributed by atoms with van der Waals surface area (Å²) < 4.78 is 19.2. The van der Waals surface area contributed by atoms with Crippen LogP contribution >= 0.6 is 15.9 Å². The number of halogens is 2. The van der Waals surface area contributed by atoms with Crippen LogP contribution in [-0.2, 0) is 9.59 Å². The quantitative estimate of drug-likeness (QED) is 0.718. The average Bonchev–Trinajstić information content (AvgIpc) is 2.63. The van der Waals surface area contributed by atoms with Gasteiger partial charge in [0.15, 0.2) is 6.10 Å². The van der Waals surface area contributed by atoms with Crippen LogP contribution in [0, 0.1) is 5.82 Å². The predicted octanol–water partition coefficient (Wildman–Crippen LogP) is 3.35. The molecule has 0 bridgehead atoms. The number of hydrogen-bond donors (Lipinski definition) is 2. The molecule has 26 heavy (non-hydrogen) atoms. The Morgan fingerprint density at radius 2 is 1.88 bits per heavy atom. The smallest absolute Gasteiger partial charge is 0.261 e. The monoisotopic (exact) mass is 422 g/mol. The number of hydrogen-bond acceptors (Lipinski definition) is 3. The van der Waals surface area contributed by atoms with Gasteiger partial charge in [-0.1, -0.05) is 30.3 Å². The van der Waals surface area contributed by atoms with Gasteiger partial charge in [-0.25, -0.2) is 4.39 Å². The van der Waals surface area contributed by atoms with Gasteiger partial charge in [0.1, 0.15) is 11.6 Å². The third-order valence-electron chi connectivity index (χ3n) is 3.75. The first-order valence-electron chi connectivity index (χ1n) is 8.08. The van der Waals surface area contributed by atoms with Crippen molar-refractivity contribution in [1.29, 1.82) is 0 Å². The summed E-state index contributed by atoms with van der Waals surface area (Å²) in [6.07, 6.45) is -0.716. The van der Waals surface area contributed by atoms with Crippen LogP contribution in [0.25, 0.3) is 0 Å². The molecule has 0 fully saturated rings. The summed E-state index contributed by atoms with van der Waals surface area (Å²) in [6, 6.07) is 12.7. The van der Waals surface area contributed by atoms with Crippen molar-refractivity contribution in [2.45, 2.75) is 25.5 Å². The first kappa shape index (κ1) is 19.9. The molecule has 2 rings (SSSR count). The summed E-state index contributed by atoms with van der Waals surface area (Å²) in [4.78, 5) is 24.3. The number of rotatable bonds is 7. The van der Waals surface area contributed by atoms with E-state index >= 15 is 0 Å². The molecule has 0 saturated carbocycles. The maximum Gasteiger partial charge on any atom is 0.261 e. The SMILES string of the molecule is CNC(=O)C[C@H](NC(=O)[C@@H](C)Oc1ccc(F)cc1Br)c1ccccc1. The molecule has 0 aromatic heterocycles. The molecule has 0 aliphatic carbocycles. The Labute approximate surface area is 160 Å². The molecule has 0 saturated heterocycles. The third-order valence-corrected chi connectivity index (χ3v) is 4.37. The van der Waals surface area contributed by atoms with E-state index in [1.807, 2.05) is 30.3 Å². The molecule has 5 nitrogen and oxygen atoms in total. The molecule has 138 valence electrons. The first-order chi connectivity index (χ1) is 12.4. The van der Waals surface area contributed by atoms with Gasteiger partial charge < -0.3 is 15.4 Å². The molecule has 0 aliphatic heterocycles. The predicted molar refractivity (Wildman–Crippen MR) is 100 cm³/mol. The normalized spacial score (nSPS) is 12.8. The van der Waals surface area contributed by atoms with Gasteiger partial charge in [0.25, 0.3) is 5.91 Å². The van der Waals surface area contributed by atoms with Crippen LogP contribution in [0.5, 0.6) is 5.75 Å². The van der Waals surface area contributed by atoms with E-state index in [9.17, 15) is 14.0 Å². The van der Waals surface area contributed by atoms with Gasteiger partial charge in [0.05, 0.1) is 16.9 Å². The van der Waals surface area contributed by atoms with Crippen molar-refractivity contribution in [3.8, 4) is 5.75 Å². The topological polar surface area (TPSA) is 67.4 Å². The van der Waals surface area contributed by atoms with Crippen molar-refractivity contribution in [1.82, 2.24) is 10.6 Å². The molecule has 0 spiro atoms. The molecular formula is C19H20BrFN2O3. The van der Waals surface area contributed by atoms with Crippen LogP contribution < -0.4 is 15.4 Å². The minimum Gasteiger partial charge on any atom is -0.480 e. The van der Waals surface area contributed by atoms with Crippen molar-refractivity contribution in [2.24, 2.45) is 0 Å². The lowest BCUT2D eigenvalue weighted by atomic mass is 10.0. The van der Waals surface area contributed by atoms with Crippen LogP contribution in [-0.4, -0.2) is 25.0 Å². The molecule has 7 heteroatoms. The second kappa shape index (κ2) is 9.33. The summed E-state index contributed by atoms with van der Waals surface area (Å²) in [5, 5.41) is 5.39. The van der Waals surface area contributed by atoms with Gasteiger partial charge in [-0.3, -0.25) is 9.59 Å². The van der Waals surface area contributed by atoms with Gasteiger partial charge in [-0.15, -0.1) is 0 Å². The van der Waals surface area contributed by atoms with E-state index in [4.69, 9.17) is 4.74 Å². The third kappa shape index (κ3) is 5.56. The Bertz CT molecular complexity index is 771. The molecule has 2 atom stereocenters. The lowest BCUT2D eigenvalue weighted by Crippen LogP contribution is -2.40. The Hall–Kier alpha value is -2.41. The lowest BCUT2D eigenvalue weighted by molar-refractivity contribution is -0.128. The van der Waals surface area contributed by atoms with E-state index in [-0.39, 0.29) is 18.2 Å². The Kier molecular flexibility index (Phi) is 7.15. The molecule has 0 aliphatic rings. The van der Waals surface area contributed by atoms with Crippen LogP contribution in [0.3, 0.4) is 0 Å². The summed E-state index contributed by atoms with van der Waals surface area (Å²) in [7, 11) is 1.55. The first-order valence-corrected chi connectivity index (χ1v) is 8.87. The Morgan fingerprint density at radius 3 is 2.50 bits per heavy atom. The second-order valence-corrected chi connectivity index (χ2v) is 6.54. The fourth-order valence-electron chi connectivity index (χ4n) is 2.33. The number of carbonyl (C=O) groups excluding carboxylic acids is 2. The highest BCUT2D eigenvalue weighted by Crippen LogP contribution is 2.26. The van der Waals surface area contributed by atoms with Crippen LogP contribution in [0.15, 0.2) is 53.0 Å². The van der Waals surface area contributed by atoms with E-state index in [1.165, 1.54) is 18.2 Å². The van der Waals surface area contributed by atoms with E-state index in [0.717, 1.165) is 5.56 Å². The number of carbonyl (C=O) groups is 2. The summed E-state index contributed by atoms with van der Waals surface area (Å²) in [5.74, 6) is -0.611. The Balaban J connectivity index is 2.08. The number of nitrogens with one attached hydrogen (secondary N) is 2. The minimum atomic E-state index is -0.826. The van der Waals surface area contributed by atoms with Crippen molar-refractivity contribution in [2.75, 3.05) is 7.05 Å². The van der Waals surface area contributed by atoms with Crippen LogP contribution in [0.4, 0.5) is 4.39 Å². The number of ether oxygens (including phenoxy) is 1. The maximum atomic E-state index is 13.2. The second-order valence-electron chi connectivity index (χ2n) is 5.68. The highest BCUT2D eigenvalue weighted by atomic mass is 79.9. The molecule has 2 amide bonds. The fourth-order valence-corrected chi connectivity index (χ4v) is 2.77. The summed E-state index contributed by atoms with van der Waals surface area (Å²) >= 11 is 3.20. The zero-order valence-electron chi connectivity index (χ0n) is 14.5. The van der Waals surface area contributed by atoms with Crippen LogP contribution in [0.1, 0.15) is 24.9 Å². The van der Waals surface area contributed by atoms with Gasteiger partial charge in [0, 0.05) is 7.05 Å². The highest BCUT2D eigenvalue weighted by molar-refractivity contribution is 9.10. The maximum absolute atomic E-state index is 13.2. The van der Waals surface area contributed by atoms with Gasteiger partial charge in [-0.2, -0.15) is 0 Å². The van der Waals surface area contributed by atoms with Crippen molar-refractivity contribution >= 4 is 27.7 Å². The lowest BCUT2D eigenvalue weighted by Gasteiger charge is -2.22. The molecule has 2 N–H and O–H groups in total. The molecule has 0 heterocycles. The standard InChI is InChI=1S/C19H20BrFN2O3/c1-12(26-17-9-8-14(21)10-15(17)20)19(25)23-16(11-18(24)22-2)13-6-4-3-5-7-13/h3-10,12,16H,11H2,1-2H3,(H,22,24)(H,23,25)/t12-,16+/m1/s1. The number of benzene rings is 2. The van der Waals surface area contributed by atoms with Crippen molar-refractivity contribution in [3.63, 3.8) is 0 Å². The fraction of sp³-hybridized carbons (Fsp3) is 0.263. The van der Waals surface area contributed by atoms with E-state index in [1.54, 1.807) is 14.0 Å². The largest absolute Gasteiger partial charge is 0.480 e. The summed E-state index contributed by atoms with van der Waals surface area (Å²) in [5.41, 5.74) is 0.819. The minimum absolute atomic E-state index is 0.110. The van der Waals surface area contributed by atoms with Gasteiger partial charge >= 0.3 is 0 Å². The van der Waals surface area contributed by atoms with Crippen LogP contribution in [0.2, 0.25) is 0 Å². The number of amides is 2. The molecule has 2 aromatic rings. The zero-order valence-corrected chi connectivity index (χ0v) is 16.0. The summed E-state index contributed by atoms with van der Waals surface area (Å²) in [6.45, 7) is 1.59. The van der Waals surface area contributed by atoms with Crippen molar-refractivity contribution in [3.05, 3.63) is 64.4 Å². The zero-order chi connectivity index (χ0) is 19.1. The van der Waals surface area contributed by atoms with Gasteiger partial charge in [-0.05, 0) is 46.6 Å². The van der Waals surface area contributed by atoms with Gasteiger partial charge in [0.2, 0.25) is 5.91 Å². The molecule has 2 aromatic carbocycles. The van der Waals surface area contributed by atoms with E-state index in [2.05, 4.69) is 26.6 Å². The van der Waals surface area contributed by atoms with E-state index in [0.29, 0.717) is 10.2 Å². The molecular weight excluding hydrogens is 403 g/mol. The van der Waals surface area contributed by atoms with E-state index < -0.39 is 18.0 Å². The average molecular weight is 423 g/mol. The highest BCUT2D eigenvalue weighted by Gasteiger charge is 2.22. The van der Waals surface area contributed by atoms with Crippen molar-refractivity contribution < 1.29 is 18.7 Å².